The Morgan fingerprint density at radius 3 is 1.84 bits per heavy atom. The summed E-state index contributed by atoms with van der Waals surface area (Å²) in [6.07, 6.45) is -8.33. The highest BCUT2D eigenvalue weighted by Crippen LogP contribution is 2.45. The van der Waals surface area contributed by atoms with Crippen molar-refractivity contribution in [3.63, 3.8) is 0 Å². The topological polar surface area (TPSA) is 90.4 Å². The van der Waals surface area contributed by atoms with Gasteiger partial charge >= 0.3 is 19.9 Å². The SMILES string of the molecule is CCOP(=O)(OCC)c1cnc(NC(=O)c2cc(C(F)(F)F)cc(C(F)(F)F)c2)cn1. The fraction of sp³-hybridized carbons (Fsp3) is 0.353. The lowest BCUT2D eigenvalue weighted by atomic mass is 10.0. The fourth-order valence-electron chi connectivity index (χ4n) is 2.31. The first-order valence-electron chi connectivity index (χ1n) is 8.62. The van der Waals surface area contributed by atoms with Gasteiger partial charge in [0.2, 0.25) is 0 Å². The molecule has 0 bridgehead atoms. The van der Waals surface area contributed by atoms with E-state index < -0.39 is 42.5 Å². The van der Waals surface area contributed by atoms with Crippen LogP contribution in [0.25, 0.3) is 0 Å². The molecule has 0 aliphatic carbocycles. The van der Waals surface area contributed by atoms with Crippen molar-refractivity contribution in [2.24, 2.45) is 0 Å². The van der Waals surface area contributed by atoms with E-state index in [9.17, 15) is 35.7 Å². The Kier molecular flexibility index (Phi) is 7.45. The van der Waals surface area contributed by atoms with Crippen molar-refractivity contribution < 1.29 is 44.7 Å². The summed E-state index contributed by atoms with van der Waals surface area (Å²) < 4.78 is 100. The third-order valence-corrected chi connectivity index (χ3v) is 5.60. The number of alkyl halides is 6. The number of anilines is 1. The van der Waals surface area contributed by atoms with E-state index in [0.29, 0.717) is 0 Å². The summed E-state index contributed by atoms with van der Waals surface area (Å²) in [4.78, 5) is 19.8. The summed E-state index contributed by atoms with van der Waals surface area (Å²) >= 11 is 0. The Morgan fingerprint density at radius 2 is 1.45 bits per heavy atom. The minimum absolute atomic E-state index is 0.0362. The molecule has 14 heteroatoms. The van der Waals surface area contributed by atoms with Crippen molar-refractivity contribution in [1.29, 1.82) is 0 Å². The second kappa shape index (κ2) is 9.33. The highest BCUT2D eigenvalue weighted by atomic mass is 31.2. The van der Waals surface area contributed by atoms with Crippen molar-refractivity contribution in [3.05, 3.63) is 47.3 Å². The number of rotatable bonds is 7. The summed E-state index contributed by atoms with van der Waals surface area (Å²) in [6, 6.07) is 0.472. The first kappa shape index (κ1) is 24.8. The molecule has 1 N–H and O–H groups in total. The second-order valence-corrected chi connectivity index (χ2v) is 7.81. The Labute approximate surface area is 172 Å². The summed E-state index contributed by atoms with van der Waals surface area (Å²) in [5, 5.41) is 2.04. The van der Waals surface area contributed by atoms with Crippen LogP contribution >= 0.6 is 7.60 Å². The lowest BCUT2D eigenvalue weighted by Crippen LogP contribution is -2.19. The zero-order chi connectivity index (χ0) is 23.4. The van der Waals surface area contributed by atoms with E-state index in [-0.39, 0.29) is 42.7 Å². The van der Waals surface area contributed by atoms with Crippen LogP contribution < -0.4 is 10.8 Å². The van der Waals surface area contributed by atoms with Gasteiger partial charge in [0.1, 0.15) is 0 Å². The van der Waals surface area contributed by atoms with Crippen LogP contribution in [0.1, 0.15) is 35.3 Å². The Morgan fingerprint density at radius 1 is 0.935 bits per heavy atom. The van der Waals surface area contributed by atoms with Crippen LogP contribution in [0, 0.1) is 0 Å². The molecular weight excluding hydrogens is 455 g/mol. The molecule has 0 unspecified atom stereocenters. The average Bonchev–Trinajstić information content (AvgIpc) is 2.67. The van der Waals surface area contributed by atoms with Crippen LogP contribution in [-0.2, 0) is 26.0 Å². The van der Waals surface area contributed by atoms with Gasteiger partial charge in [0, 0.05) is 5.56 Å². The van der Waals surface area contributed by atoms with E-state index in [2.05, 4.69) is 9.97 Å². The number of hydrogen-bond acceptors (Lipinski definition) is 6. The molecule has 1 aromatic carbocycles. The largest absolute Gasteiger partial charge is 0.416 e. The van der Waals surface area contributed by atoms with Gasteiger partial charge in [0.25, 0.3) is 5.91 Å². The molecule has 1 amide bonds. The van der Waals surface area contributed by atoms with Crippen molar-refractivity contribution in [1.82, 2.24) is 9.97 Å². The Balaban J connectivity index is 2.32. The number of halogens is 6. The second-order valence-electron chi connectivity index (χ2n) is 5.84. The Hall–Kier alpha value is -2.50. The summed E-state index contributed by atoms with van der Waals surface area (Å²) in [5.41, 5.74) is -4.35. The first-order chi connectivity index (χ1) is 14.3. The van der Waals surface area contributed by atoms with Gasteiger partial charge in [-0.25, -0.2) is 9.97 Å². The van der Waals surface area contributed by atoms with Crippen LogP contribution in [-0.4, -0.2) is 29.1 Å². The molecule has 7 nitrogen and oxygen atoms in total. The number of benzene rings is 1. The van der Waals surface area contributed by atoms with Gasteiger partial charge in [-0.1, -0.05) is 0 Å². The highest BCUT2D eigenvalue weighted by molar-refractivity contribution is 7.61. The number of amides is 1. The van der Waals surface area contributed by atoms with E-state index in [4.69, 9.17) is 9.05 Å². The van der Waals surface area contributed by atoms with Crippen LogP contribution in [0.3, 0.4) is 0 Å². The number of nitrogens with zero attached hydrogens (tertiary/aromatic N) is 2. The molecule has 170 valence electrons. The molecule has 0 aliphatic heterocycles. The molecule has 0 fully saturated rings. The van der Waals surface area contributed by atoms with Gasteiger partial charge in [-0.05, 0) is 32.0 Å². The molecule has 31 heavy (non-hydrogen) atoms. The monoisotopic (exact) mass is 471 g/mol. The molecular formula is C17H16F6N3O4P. The number of carbonyl (C=O) groups excluding carboxylic acids is 1. The molecule has 0 saturated carbocycles. The lowest BCUT2D eigenvalue weighted by Gasteiger charge is -2.16. The minimum atomic E-state index is -5.10. The number of carbonyl (C=O) groups is 1. The zero-order valence-corrected chi connectivity index (χ0v) is 16.9. The van der Waals surface area contributed by atoms with Gasteiger partial charge in [-0.2, -0.15) is 26.3 Å². The van der Waals surface area contributed by atoms with Gasteiger partial charge < -0.3 is 14.4 Å². The standard InChI is InChI=1S/C17H16F6N3O4P/c1-3-29-31(28,30-4-2)14-9-24-13(8-25-14)26-15(27)10-5-11(16(18,19)20)7-12(6-10)17(21,22)23/h5-9H,3-4H2,1-2H3,(H,24,26,27). The summed E-state index contributed by atoms with van der Waals surface area (Å²) in [6.45, 7) is 3.21. The van der Waals surface area contributed by atoms with Crippen LogP contribution in [0.15, 0.2) is 30.6 Å². The fourth-order valence-corrected chi connectivity index (χ4v) is 3.73. The van der Waals surface area contributed by atoms with Crippen molar-refractivity contribution >= 4 is 24.8 Å². The van der Waals surface area contributed by atoms with Crippen molar-refractivity contribution in [2.45, 2.75) is 26.2 Å². The summed E-state index contributed by atoms with van der Waals surface area (Å²) in [5.74, 6) is -1.59. The van der Waals surface area contributed by atoms with Crippen molar-refractivity contribution in [3.8, 4) is 0 Å². The molecule has 0 radical (unpaired) electrons. The van der Waals surface area contributed by atoms with Crippen LogP contribution in [0.4, 0.5) is 32.2 Å². The molecule has 0 saturated heterocycles. The van der Waals surface area contributed by atoms with Crippen molar-refractivity contribution in [2.75, 3.05) is 18.5 Å². The van der Waals surface area contributed by atoms with E-state index >= 15 is 0 Å². The molecule has 2 aromatic rings. The quantitative estimate of drug-likeness (QED) is 0.467. The van der Waals surface area contributed by atoms with Gasteiger partial charge in [0.05, 0.1) is 36.7 Å². The average molecular weight is 471 g/mol. The number of hydrogen-bond donors (Lipinski definition) is 1. The van der Waals surface area contributed by atoms with Gasteiger partial charge in [-0.3, -0.25) is 9.36 Å². The third kappa shape index (κ3) is 6.25. The predicted molar refractivity (Wildman–Crippen MR) is 96.9 cm³/mol. The van der Waals surface area contributed by atoms with Crippen LogP contribution in [0.5, 0.6) is 0 Å². The third-order valence-electron chi connectivity index (χ3n) is 3.61. The number of aromatic nitrogens is 2. The van der Waals surface area contributed by atoms with E-state index in [1.54, 1.807) is 13.8 Å². The normalized spacial score (nSPS) is 12.6. The molecule has 1 heterocycles. The molecule has 0 atom stereocenters. The zero-order valence-electron chi connectivity index (χ0n) is 16.0. The molecule has 0 aliphatic rings. The predicted octanol–water partition coefficient (Wildman–Crippen LogP) is 4.66. The lowest BCUT2D eigenvalue weighted by molar-refractivity contribution is -0.143. The maximum absolute atomic E-state index is 12.9. The van der Waals surface area contributed by atoms with Gasteiger partial charge in [-0.15, -0.1) is 0 Å². The Bertz CT molecular complexity index is 937. The summed E-state index contributed by atoms with van der Waals surface area (Å²) in [7, 11) is -3.77. The molecule has 0 spiro atoms. The van der Waals surface area contributed by atoms with E-state index in [1.807, 2.05) is 5.32 Å². The first-order valence-corrected chi connectivity index (χ1v) is 10.2. The molecule has 2 rings (SSSR count). The van der Waals surface area contributed by atoms with E-state index in [1.165, 1.54) is 0 Å². The maximum Gasteiger partial charge on any atom is 0.416 e. The minimum Gasteiger partial charge on any atom is -0.305 e. The van der Waals surface area contributed by atoms with Crippen LogP contribution in [0.2, 0.25) is 0 Å². The smallest absolute Gasteiger partial charge is 0.305 e. The molecule has 1 aromatic heterocycles. The maximum atomic E-state index is 12.9. The number of nitrogens with one attached hydrogen (secondary N) is 1. The van der Waals surface area contributed by atoms with Gasteiger partial charge in [0.15, 0.2) is 11.3 Å². The highest BCUT2D eigenvalue weighted by Gasteiger charge is 2.37. The van der Waals surface area contributed by atoms with E-state index in [0.717, 1.165) is 12.4 Å².